The predicted molar refractivity (Wildman–Crippen MR) is 339 cm³/mol. The van der Waals surface area contributed by atoms with Crippen molar-refractivity contribution >= 4 is 17.9 Å². The Labute approximate surface area is 486 Å². The van der Waals surface area contributed by atoms with Gasteiger partial charge in [0.05, 0.1) is 0 Å². The fourth-order valence-corrected chi connectivity index (χ4v) is 10.4. The van der Waals surface area contributed by atoms with Gasteiger partial charge in [-0.2, -0.15) is 0 Å². The second-order valence-electron chi connectivity index (χ2n) is 23.4. The summed E-state index contributed by atoms with van der Waals surface area (Å²) in [5.41, 5.74) is 0. The van der Waals surface area contributed by atoms with E-state index in [9.17, 15) is 14.4 Å². The van der Waals surface area contributed by atoms with Crippen LogP contribution in [0.15, 0.2) is 48.6 Å². The Bertz CT molecular complexity index is 1350. The van der Waals surface area contributed by atoms with Crippen molar-refractivity contribution in [2.75, 3.05) is 13.2 Å². The third kappa shape index (κ3) is 64.2. The van der Waals surface area contributed by atoms with E-state index in [0.717, 1.165) is 83.5 Å². The van der Waals surface area contributed by atoms with E-state index in [4.69, 9.17) is 14.2 Å². The maximum absolute atomic E-state index is 12.9. The van der Waals surface area contributed by atoms with Crippen LogP contribution in [0, 0.1) is 0 Å². The van der Waals surface area contributed by atoms with Gasteiger partial charge in [-0.05, 0) is 77.0 Å². The van der Waals surface area contributed by atoms with Gasteiger partial charge < -0.3 is 14.2 Å². The van der Waals surface area contributed by atoms with Crippen LogP contribution in [0.5, 0.6) is 0 Å². The number of esters is 3. The van der Waals surface area contributed by atoms with Crippen molar-refractivity contribution in [1.29, 1.82) is 0 Å². The zero-order chi connectivity index (χ0) is 56.4. The average Bonchev–Trinajstić information content (AvgIpc) is 3.44. The normalized spacial score (nSPS) is 12.3. The number of allylic oxidation sites excluding steroid dienone is 8. The molecule has 0 aromatic rings. The lowest BCUT2D eigenvalue weighted by Gasteiger charge is -2.18. The first-order valence-electron chi connectivity index (χ1n) is 34.6. The van der Waals surface area contributed by atoms with Crippen molar-refractivity contribution in [1.82, 2.24) is 0 Å². The van der Waals surface area contributed by atoms with Crippen molar-refractivity contribution < 1.29 is 28.6 Å². The molecular formula is C72H132O6. The first-order valence-corrected chi connectivity index (χ1v) is 34.6. The van der Waals surface area contributed by atoms with Crippen LogP contribution in [-0.4, -0.2) is 37.2 Å². The SMILES string of the molecule is CC/C=C\C/C=C\C/C=C\CCCCCCCCCC(=O)OC(COC(=O)CCCCCCCCCCCCCC)COC(=O)CCCCCCCCCCCCCCCCCCCCC/C=C\CCCCCCCCCC. The van der Waals surface area contributed by atoms with Gasteiger partial charge in [-0.3, -0.25) is 14.4 Å². The van der Waals surface area contributed by atoms with Gasteiger partial charge in [-0.25, -0.2) is 0 Å². The number of unbranched alkanes of at least 4 members (excludes halogenated alkanes) is 45. The molecule has 0 radical (unpaired) electrons. The summed E-state index contributed by atoms with van der Waals surface area (Å²) in [6.07, 6.45) is 84.4. The molecule has 0 saturated carbocycles. The molecule has 0 aromatic heterocycles. The highest BCUT2D eigenvalue weighted by Crippen LogP contribution is 2.18. The Morgan fingerprint density at radius 1 is 0.269 bits per heavy atom. The number of rotatable bonds is 64. The molecule has 0 aliphatic carbocycles. The minimum Gasteiger partial charge on any atom is -0.462 e. The van der Waals surface area contributed by atoms with E-state index < -0.39 is 6.10 Å². The van der Waals surface area contributed by atoms with Crippen LogP contribution < -0.4 is 0 Å². The maximum atomic E-state index is 12.9. The minimum atomic E-state index is -0.776. The molecule has 0 spiro atoms. The molecule has 0 amide bonds. The van der Waals surface area contributed by atoms with E-state index in [1.165, 1.54) is 250 Å². The zero-order valence-electron chi connectivity index (χ0n) is 52.5. The molecule has 0 fully saturated rings. The molecule has 0 saturated heterocycles. The fraction of sp³-hybridized carbons (Fsp3) is 0.847. The summed E-state index contributed by atoms with van der Waals surface area (Å²) in [7, 11) is 0. The zero-order valence-corrected chi connectivity index (χ0v) is 52.5. The van der Waals surface area contributed by atoms with E-state index in [-0.39, 0.29) is 31.1 Å². The largest absolute Gasteiger partial charge is 0.462 e. The van der Waals surface area contributed by atoms with Gasteiger partial charge in [0.2, 0.25) is 0 Å². The topological polar surface area (TPSA) is 78.9 Å². The maximum Gasteiger partial charge on any atom is 0.306 e. The van der Waals surface area contributed by atoms with Crippen molar-refractivity contribution in [2.45, 2.75) is 380 Å². The summed E-state index contributed by atoms with van der Waals surface area (Å²) < 4.78 is 16.9. The molecule has 0 heterocycles. The Balaban J connectivity index is 4.13. The minimum absolute atomic E-state index is 0.0724. The highest BCUT2D eigenvalue weighted by Gasteiger charge is 2.19. The smallest absolute Gasteiger partial charge is 0.306 e. The number of ether oxygens (including phenoxy) is 3. The summed E-state index contributed by atoms with van der Waals surface area (Å²) in [4.78, 5) is 38.3. The van der Waals surface area contributed by atoms with Crippen LogP contribution in [0.3, 0.4) is 0 Å². The predicted octanol–water partition coefficient (Wildman–Crippen LogP) is 23.7. The van der Waals surface area contributed by atoms with Gasteiger partial charge >= 0.3 is 17.9 Å². The van der Waals surface area contributed by atoms with Crippen molar-refractivity contribution in [2.24, 2.45) is 0 Å². The summed E-state index contributed by atoms with van der Waals surface area (Å²) in [5.74, 6) is -0.859. The van der Waals surface area contributed by atoms with E-state index in [1.54, 1.807) is 0 Å². The summed E-state index contributed by atoms with van der Waals surface area (Å²) in [6, 6.07) is 0. The van der Waals surface area contributed by atoms with Gasteiger partial charge in [-0.1, -0.05) is 326 Å². The molecule has 6 heteroatoms. The third-order valence-corrected chi connectivity index (χ3v) is 15.6. The van der Waals surface area contributed by atoms with Crippen LogP contribution in [0.25, 0.3) is 0 Å². The van der Waals surface area contributed by atoms with E-state index in [0.29, 0.717) is 19.3 Å². The molecule has 0 aromatic carbocycles. The lowest BCUT2D eigenvalue weighted by molar-refractivity contribution is -0.167. The van der Waals surface area contributed by atoms with Crippen LogP contribution in [0.1, 0.15) is 374 Å². The van der Waals surface area contributed by atoms with Crippen LogP contribution in [0.4, 0.5) is 0 Å². The van der Waals surface area contributed by atoms with Gasteiger partial charge in [-0.15, -0.1) is 0 Å². The summed E-state index contributed by atoms with van der Waals surface area (Å²) >= 11 is 0. The quantitative estimate of drug-likeness (QED) is 0.0261. The van der Waals surface area contributed by atoms with Crippen molar-refractivity contribution in [3.05, 3.63) is 48.6 Å². The summed E-state index contributed by atoms with van der Waals surface area (Å²) in [5, 5.41) is 0. The molecule has 6 nitrogen and oxygen atoms in total. The number of hydrogen-bond acceptors (Lipinski definition) is 6. The van der Waals surface area contributed by atoms with Crippen molar-refractivity contribution in [3.63, 3.8) is 0 Å². The molecule has 456 valence electrons. The molecule has 0 rings (SSSR count). The molecule has 78 heavy (non-hydrogen) atoms. The average molecular weight is 1090 g/mol. The Kier molecular flexibility index (Phi) is 64.6. The monoisotopic (exact) mass is 1090 g/mol. The number of hydrogen-bond donors (Lipinski definition) is 0. The third-order valence-electron chi connectivity index (χ3n) is 15.6. The van der Waals surface area contributed by atoms with Gasteiger partial charge in [0.25, 0.3) is 0 Å². The second kappa shape index (κ2) is 66.9. The van der Waals surface area contributed by atoms with Gasteiger partial charge in [0.1, 0.15) is 13.2 Å². The molecule has 0 aliphatic heterocycles. The Hall–Kier alpha value is -2.63. The summed E-state index contributed by atoms with van der Waals surface area (Å²) in [6.45, 7) is 6.58. The molecular weight excluding hydrogens is 961 g/mol. The van der Waals surface area contributed by atoms with E-state index in [1.807, 2.05) is 0 Å². The highest BCUT2D eigenvalue weighted by atomic mass is 16.6. The van der Waals surface area contributed by atoms with E-state index in [2.05, 4.69) is 69.4 Å². The van der Waals surface area contributed by atoms with Gasteiger partial charge in [0, 0.05) is 19.3 Å². The highest BCUT2D eigenvalue weighted by molar-refractivity contribution is 5.71. The number of carbonyl (C=O) groups is 3. The Morgan fingerprint density at radius 3 is 0.795 bits per heavy atom. The first kappa shape index (κ1) is 75.4. The Morgan fingerprint density at radius 2 is 0.500 bits per heavy atom. The molecule has 0 N–H and O–H groups in total. The molecule has 1 unspecified atom stereocenters. The fourth-order valence-electron chi connectivity index (χ4n) is 10.4. The molecule has 0 aliphatic rings. The lowest BCUT2D eigenvalue weighted by Crippen LogP contribution is -2.30. The molecule has 1 atom stereocenters. The van der Waals surface area contributed by atoms with Crippen LogP contribution in [0.2, 0.25) is 0 Å². The standard InChI is InChI=1S/C72H132O6/c1-4-7-10-13-16-19-22-25-27-29-30-31-32-33-34-35-36-37-38-39-40-41-42-44-45-47-50-53-56-59-62-65-71(74)77-68-69(67-76-70(73)64-61-58-55-52-49-24-21-18-15-12-9-6-3)78-72(75)66-63-60-57-54-51-48-46-43-28-26-23-20-17-14-11-8-5-2/h8,11,17,20,26,28-30,69H,4-7,9-10,12-16,18-19,21-25,27,31-68H2,1-3H3/b11-8-,20-17-,28-26-,30-29-. The number of carbonyl (C=O) groups excluding carboxylic acids is 3. The second-order valence-corrected chi connectivity index (χ2v) is 23.4. The van der Waals surface area contributed by atoms with E-state index >= 15 is 0 Å². The van der Waals surface area contributed by atoms with Crippen LogP contribution >= 0.6 is 0 Å². The van der Waals surface area contributed by atoms with Crippen LogP contribution in [-0.2, 0) is 28.6 Å². The lowest BCUT2D eigenvalue weighted by atomic mass is 10.0. The van der Waals surface area contributed by atoms with Gasteiger partial charge in [0.15, 0.2) is 6.10 Å². The van der Waals surface area contributed by atoms with Crippen molar-refractivity contribution in [3.8, 4) is 0 Å². The molecule has 0 bridgehead atoms. The first-order chi connectivity index (χ1) is 38.5.